The number of nitriles is 1. The first-order valence-electron chi connectivity index (χ1n) is 5.78. The second-order valence-corrected chi connectivity index (χ2v) is 4.54. The minimum absolute atomic E-state index is 0.447. The molecule has 14 heavy (non-hydrogen) atoms. The predicted octanol–water partition coefficient (Wildman–Crippen LogP) is 3.01. The van der Waals surface area contributed by atoms with E-state index in [1.165, 1.54) is 0 Å². The number of rotatable bonds is 4. The fourth-order valence-corrected chi connectivity index (χ4v) is 2.83. The Balaban J connectivity index is 2.90. The summed E-state index contributed by atoms with van der Waals surface area (Å²) in [4.78, 5) is 0. The van der Waals surface area contributed by atoms with E-state index in [4.69, 9.17) is 0 Å². The van der Waals surface area contributed by atoms with Crippen LogP contribution in [0.4, 0.5) is 0 Å². The molecule has 1 rings (SSSR count). The van der Waals surface area contributed by atoms with E-state index in [2.05, 4.69) is 13.0 Å². The van der Waals surface area contributed by atoms with Crippen LogP contribution in [0.15, 0.2) is 0 Å². The average molecular weight is 195 g/mol. The molecule has 2 nitrogen and oxygen atoms in total. The Morgan fingerprint density at radius 1 is 1.36 bits per heavy atom. The molecule has 1 aliphatic carbocycles. The summed E-state index contributed by atoms with van der Waals surface area (Å²) >= 11 is 0. The smallest absolute Gasteiger partial charge is 0.0860 e. The molecule has 0 aromatic heterocycles. The van der Waals surface area contributed by atoms with E-state index in [0.717, 1.165) is 38.5 Å². The van der Waals surface area contributed by atoms with Gasteiger partial charge in [-0.15, -0.1) is 0 Å². The number of hydrogen-bond acceptors (Lipinski definition) is 2. The maximum absolute atomic E-state index is 10.5. The molecule has 0 aliphatic heterocycles. The molecule has 1 N–H and O–H groups in total. The zero-order chi connectivity index (χ0) is 10.7. The molecule has 0 heterocycles. The van der Waals surface area contributed by atoms with Crippen molar-refractivity contribution >= 4 is 0 Å². The van der Waals surface area contributed by atoms with E-state index in [9.17, 15) is 10.4 Å². The molecule has 1 aliphatic rings. The summed E-state index contributed by atoms with van der Waals surface area (Å²) in [5, 5.41) is 19.8. The van der Waals surface area contributed by atoms with Gasteiger partial charge in [0, 0.05) is 0 Å². The van der Waals surface area contributed by atoms with Crippen LogP contribution in [0, 0.1) is 16.7 Å². The highest BCUT2D eigenvalue weighted by molar-refractivity contribution is 5.13. The van der Waals surface area contributed by atoms with Crippen LogP contribution < -0.4 is 0 Å². The number of aliphatic hydroxyl groups is 1. The summed E-state index contributed by atoms with van der Waals surface area (Å²) in [6.45, 7) is 4.06. The third-order valence-corrected chi connectivity index (χ3v) is 3.81. The summed E-state index contributed by atoms with van der Waals surface area (Å²) in [7, 11) is 0. The van der Waals surface area contributed by atoms with Gasteiger partial charge in [0.1, 0.15) is 0 Å². The van der Waals surface area contributed by atoms with Gasteiger partial charge in [-0.3, -0.25) is 0 Å². The highest BCUT2D eigenvalue weighted by Gasteiger charge is 2.50. The molecule has 1 saturated carbocycles. The van der Waals surface area contributed by atoms with E-state index in [1.807, 2.05) is 6.92 Å². The first-order valence-corrected chi connectivity index (χ1v) is 5.78. The Bertz CT molecular complexity index is 225. The lowest BCUT2D eigenvalue weighted by atomic mass is 9.68. The standard InChI is InChI=1S/C12H21NO/c1-3-7-12(14,4-2)11(10-13)8-5-6-9-11/h14H,3-9H2,1-2H3. The van der Waals surface area contributed by atoms with E-state index >= 15 is 0 Å². The topological polar surface area (TPSA) is 44.0 Å². The minimum Gasteiger partial charge on any atom is -0.388 e. The van der Waals surface area contributed by atoms with Gasteiger partial charge in [0.15, 0.2) is 0 Å². The zero-order valence-corrected chi connectivity index (χ0v) is 9.34. The molecule has 0 spiro atoms. The van der Waals surface area contributed by atoms with Gasteiger partial charge in [-0.2, -0.15) is 5.26 Å². The van der Waals surface area contributed by atoms with Gasteiger partial charge in [0.05, 0.1) is 17.1 Å². The molecular formula is C12H21NO. The molecule has 0 bridgehead atoms. The Morgan fingerprint density at radius 2 is 1.93 bits per heavy atom. The average Bonchev–Trinajstić information content (AvgIpc) is 2.68. The van der Waals surface area contributed by atoms with Crippen molar-refractivity contribution in [3.8, 4) is 6.07 Å². The van der Waals surface area contributed by atoms with Crippen LogP contribution >= 0.6 is 0 Å². The second-order valence-electron chi connectivity index (χ2n) is 4.54. The number of nitrogens with zero attached hydrogens (tertiary/aromatic N) is 1. The highest BCUT2D eigenvalue weighted by Crippen LogP contribution is 2.49. The van der Waals surface area contributed by atoms with Crippen molar-refractivity contribution in [2.24, 2.45) is 5.41 Å². The van der Waals surface area contributed by atoms with Crippen molar-refractivity contribution in [2.45, 2.75) is 64.4 Å². The van der Waals surface area contributed by atoms with Crippen LogP contribution in [0.1, 0.15) is 58.8 Å². The molecule has 0 aromatic rings. The Morgan fingerprint density at radius 3 is 2.29 bits per heavy atom. The first kappa shape index (κ1) is 11.5. The van der Waals surface area contributed by atoms with Gasteiger partial charge in [-0.25, -0.2) is 0 Å². The van der Waals surface area contributed by atoms with E-state index in [0.29, 0.717) is 6.42 Å². The second kappa shape index (κ2) is 4.31. The quantitative estimate of drug-likeness (QED) is 0.749. The van der Waals surface area contributed by atoms with Gasteiger partial charge < -0.3 is 5.11 Å². The highest BCUT2D eigenvalue weighted by atomic mass is 16.3. The summed E-state index contributed by atoms with van der Waals surface area (Å²) in [6, 6.07) is 2.40. The summed E-state index contributed by atoms with van der Waals surface area (Å²) < 4.78 is 0. The Hall–Kier alpha value is -0.550. The first-order chi connectivity index (χ1) is 6.64. The van der Waals surface area contributed by atoms with Crippen molar-refractivity contribution in [3.63, 3.8) is 0 Å². The zero-order valence-electron chi connectivity index (χ0n) is 9.34. The summed E-state index contributed by atoms with van der Waals surface area (Å²) in [5.74, 6) is 0. The lowest BCUT2D eigenvalue weighted by molar-refractivity contribution is -0.0633. The molecule has 2 heteroatoms. The molecule has 1 atom stereocenters. The van der Waals surface area contributed by atoms with Crippen molar-refractivity contribution < 1.29 is 5.11 Å². The van der Waals surface area contributed by atoms with Crippen LogP contribution in [0.3, 0.4) is 0 Å². The van der Waals surface area contributed by atoms with Gasteiger partial charge in [-0.05, 0) is 25.7 Å². The van der Waals surface area contributed by atoms with Gasteiger partial charge >= 0.3 is 0 Å². The molecule has 1 unspecified atom stereocenters. The normalized spacial score (nSPS) is 24.1. The maximum Gasteiger partial charge on any atom is 0.0860 e. The molecule has 0 amide bonds. The van der Waals surface area contributed by atoms with Crippen LogP contribution in [0.2, 0.25) is 0 Å². The van der Waals surface area contributed by atoms with E-state index in [-0.39, 0.29) is 0 Å². The predicted molar refractivity (Wildman–Crippen MR) is 56.7 cm³/mol. The molecule has 0 aromatic carbocycles. The van der Waals surface area contributed by atoms with Crippen LogP contribution in [0.5, 0.6) is 0 Å². The van der Waals surface area contributed by atoms with Crippen molar-refractivity contribution in [1.82, 2.24) is 0 Å². The molecular weight excluding hydrogens is 174 g/mol. The number of hydrogen-bond donors (Lipinski definition) is 1. The van der Waals surface area contributed by atoms with Gasteiger partial charge in [0.25, 0.3) is 0 Å². The largest absolute Gasteiger partial charge is 0.388 e. The Labute approximate surface area is 86.9 Å². The minimum atomic E-state index is -0.743. The third-order valence-electron chi connectivity index (χ3n) is 3.81. The molecule has 0 saturated heterocycles. The monoisotopic (exact) mass is 195 g/mol. The maximum atomic E-state index is 10.5. The summed E-state index contributed by atoms with van der Waals surface area (Å²) in [6.07, 6.45) is 6.38. The fourth-order valence-electron chi connectivity index (χ4n) is 2.83. The SMILES string of the molecule is CCCC(O)(CC)C1(C#N)CCCC1. The lowest BCUT2D eigenvalue weighted by Gasteiger charge is -2.39. The lowest BCUT2D eigenvalue weighted by Crippen LogP contribution is -2.45. The van der Waals surface area contributed by atoms with Crippen molar-refractivity contribution in [3.05, 3.63) is 0 Å². The van der Waals surface area contributed by atoms with Crippen molar-refractivity contribution in [2.75, 3.05) is 0 Å². The van der Waals surface area contributed by atoms with E-state index < -0.39 is 11.0 Å². The van der Waals surface area contributed by atoms with Crippen LogP contribution in [-0.4, -0.2) is 10.7 Å². The van der Waals surface area contributed by atoms with Crippen LogP contribution in [0.25, 0.3) is 0 Å². The van der Waals surface area contributed by atoms with Gasteiger partial charge in [0.2, 0.25) is 0 Å². The molecule has 80 valence electrons. The summed E-state index contributed by atoms with van der Waals surface area (Å²) in [5.41, 5.74) is -1.19. The molecule has 1 fully saturated rings. The third kappa shape index (κ3) is 1.66. The fraction of sp³-hybridized carbons (Fsp3) is 0.917. The van der Waals surface area contributed by atoms with E-state index in [1.54, 1.807) is 0 Å². The van der Waals surface area contributed by atoms with Crippen LogP contribution in [-0.2, 0) is 0 Å². The Kier molecular flexibility index (Phi) is 3.55. The molecule has 0 radical (unpaired) electrons. The van der Waals surface area contributed by atoms with Crippen molar-refractivity contribution in [1.29, 1.82) is 5.26 Å². The van der Waals surface area contributed by atoms with Gasteiger partial charge in [-0.1, -0.05) is 33.1 Å².